The van der Waals surface area contributed by atoms with Crippen molar-refractivity contribution in [2.24, 2.45) is 0 Å². The summed E-state index contributed by atoms with van der Waals surface area (Å²) in [5.74, 6) is 2.05. The van der Waals surface area contributed by atoms with Gasteiger partial charge in [0, 0.05) is 36.3 Å². The molecule has 0 unspecified atom stereocenters. The number of amides is 1. The van der Waals surface area contributed by atoms with Gasteiger partial charge in [-0.25, -0.2) is 9.97 Å². The molecule has 23 heavy (non-hydrogen) atoms. The second-order valence-electron chi connectivity index (χ2n) is 4.91. The van der Waals surface area contributed by atoms with Gasteiger partial charge in [0.05, 0.1) is 0 Å². The van der Waals surface area contributed by atoms with E-state index >= 15 is 0 Å². The van der Waals surface area contributed by atoms with Crippen LogP contribution in [0, 0.1) is 6.92 Å². The highest BCUT2D eigenvalue weighted by Crippen LogP contribution is 2.11. The molecule has 1 heterocycles. The Morgan fingerprint density at radius 2 is 1.87 bits per heavy atom. The lowest BCUT2D eigenvalue weighted by Gasteiger charge is -2.10. The minimum atomic E-state index is -0.151. The molecule has 0 spiro atoms. The van der Waals surface area contributed by atoms with Gasteiger partial charge in [0.15, 0.2) is 0 Å². The van der Waals surface area contributed by atoms with E-state index < -0.39 is 0 Å². The zero-order valence-corrected chi connectivity index (χ0v) is 13.9. The van der Waals surface area contributed by atoms with Gasteiger partial charge in [0.25, 0.3) is 5.91 Å². The molecule has 6 nitrogen and oxygen atoms in total. The number of rotatable bonds is 7. The lowest BCUT2D eigenvalue weighted by molar-refractivity contribution is 0.0955. The largest absolute Gasteiger partial charge is 0.370 e. The molecule has 122 valence electrons. The van der Waals surface area contributed by atoms with Crippen molar-refractivity contribution in [1.82, 2.24) is 15.3 Å². The number of halogens is 1. The Morgan fingerprint density at radius 3 is 2.57 bits per heavy atom. The van der Waals surface area contributed by atoms with Gasteiger partial charge in [-0.15, -0.1) is 0 Å². The Balaban J connectivity index is 1.82. The summed E-state index contributed by atoms with van der Waals surface area (Å²) in [6, 6.07) is 8.70. The third-order valence-corrected chi connectivity index (χ3v) is 3.23. The Kier molecular flexibility index (Phi) is 6.17. The Hall–Kier alpha value is -2.34. The van der Waals surface area contributed by atoms with E-state index in [1.807, 2.05) is 19.9 Å². The Labute approximate surface area is 140 Å². The molecule has 1 aromatic heterocycles. The van der Waals surface area contributed by atoms with Crippen LogP contribution in [0.1, 0.15) is 23.1 Å². The number of hydrogen-bond acceptors (Lipinski definition) is 5. The maximum atomic E-state index is 12.0. The first-order valence-electron chi connectivity index (χ1n) is 7.45. The molecule has 2 rings (SSSR count). The minimum absolute atomic E-state index is 0.151. The molecule has 0 radical (unpaired) electrons. The monoisotopic (exact) mass is 333 g/mol. The molecule has 0 aliphatic rings. The fourth-order valence-corrected chi connectivity index (χ4v) is 2.22. The van der Waals surface area contributed by atoms with Crippen molar-refractivity contribution in [3.63, 3.8) is 0 Å². The normalized spacial score (nSPS) is 10.2. The first-order chi connectivity index (χ1) is 11.1. The molecule has 0 atom stereocenters. The zero-order valence-electron chi connectivity index (χ0n) is 13.2. The van der Waals surface area contributed by atoms with Crippen molar-refractivity contribution >= 4 is 29.1 Å². The molecule has 0 saturated carbocycles. The van der Waals surface area contributed by atoms with E-state index in [0.29, 0.717) is 29.5 Å². The molecule has 0 fully saturated rings. The lowest BCUT2D eigenvalue weighted by Crippen LogP contribution is -2.28. The highest BCUT2D eigenvalue weighted by atomic mass is 35.5. The molecular weight excluding hydrogens is 314 g/mol. The summed E-state index contributed by atoms with van der Waals surface area (Å²) >= 11 is 5.87. The average molecular weight is 334 g/mol. The smallest absolute Gasteiger partial charge is 0.251 e. The molecule has 1 amide bonds. The highest BCUT2D eigenvalue weighted by Gasteiger charge is 2.05. The van der Waals surface area contributed by atoms with E-state index in [0.717, 1.165) is 18.2 Å². The van der Waals surface area contributed by atoms with Crippen molar-refractivity contribution in [2.45, 2.75) is 13.8 Å². The predicted octanol–water partition coefficient (Wildman–Crippen LogP) is 2.71. The summed E-state index contributed by atoms with van der Waals surface area (Å²) < 4.78 is 0. The van der Waals surface area contributed by atoms with Gasteiger partial charge in [-0.05, 0) is 32.0 Å². The van der Waals surface area contributed by atoms with Gasteiger partial charge in [0.2, 0.25) is 0 Å². The van der Waals surface area contributed by atoms with Crippen LogP contribution in [0.4, 0.5) is 11.6 Å². The number of carbonyl (C=O) groups is 1. The quantitative estimate of drug-likeness (QED) is 0.679. The first-order valence-corrected chi connectivity index (χ1v) is 7.83. The number of nitrogens with zero attached hydrogens (tertiary/aromatic N) is 2. The Morgan fingerprint density at radius 1 is 1.13 bits per heavy atom. The standard InChI is InChI=1S/C16H20ClN5O/c1-3-18-14-10-15(22-11(2)21-14)19-7-8-20-16(23)12-5-4-6-13(17)9-12/h4-6,9-10H,3,7-8H2,1-2H3,(H,20,23)(H2,18,19,21,22). The number of benzene rings is 1. The van der Waals surface area contributed by atoms with Crippen LogP contribution >= 0.6 is 11.6 Å². The predicted molar refractivity (Wildman–Crippen MR) is 93.2 cm³/mol. The second kappa shape index (κ2) is 8.33. The van der Waals surface area contributed by atoms with Crippen LogP contribution in [-0.2, 0) is 0 Å². The zero-order chi connectivity index (χ0) is 16.7. The molecule has 0 bridgehead atoms. The van der Waals surface area contributed by atoms with Crippen LogP contribution in [0.3, 0.4) is 0 Å². The van der Waals surface area contributed by atoms with E-state index in [2.05, 4.69) is 25.9 Å². The lowest BCUT2D eigenvalue weighted by atomic mass is 10.2. The van der Waals surface area contributed by atoms with E-state index in [1.165, 1.54) is 0 Å². The third kappa shape index (κ3) is 5.41. The summed E-state index contributed by atoms with van der Waals surface area (Å²) in [4.78, 5) is 20.6. The summed E-state index contributed by atoms with van der Waals surface area (Å²) in [5, 5.41) is 9.70. The van der Waals surface area contributed by atoms with Crippen molar-refractivity contribution in [3.05, 3.63) is 46.7 Å². The number of carbonyl (C=O) groups excluding carboxylic acids is 1. The van der Waals surface area contributed by atoms with Crippen molar-refractivity contribution in [3.8, 4) is 0 Å². The van der Waals surface area contributed by atoms with Gasteiger partial charge in [-0.2, -0.15) is 0 Å². The van der Waals surface area contributed by atoms with E-state index in [-0.39, 0.29) is 5.91 Å². The number of nitrogens with one attached hydrogen (secondary N) is 3. The number of aryl methyl sites for hydroxylation is 1. The van der Waals surface area contributed by atoms with Crippen molar-refractivity contribution < 1.29 is 4.79 Å². The molecule has 1 aromatic carbocycles. The van der Waals surface area contributed by atoms with Crippen molar-refractivity contribution in [2.75, 3.05) is 30.3 Å². The number of anilines is 2. The van der Waals surface area contributed by atoms with E-state index in [1.54, 1.807) is 24.3 Å². The van der Waals surface area contributed by atoms with Gasteiger partial charge < -0.3 is 16.0 Å². The molecule has 7 heteroatoms. The molecule has 0 saturated heterocycles. The maximum Gasteiger partial charge on any atom is 0.251 e. The molecule has 0 aliphatic carbocycles. The third-order valence-electron chi connectivity index (χ3n) is 3.00. The summed E-state index contributed by atoms with van der Waals surface area (Å²) in [6.07, 6.45) is 0. The highest BCUT2D eigenvalue weighted by molar-refractivity contribution is 6.30. The van der Waals surface area contributed by atoms with Crippen LogP contribution in [-0.4, -0.2) is 35.5 Å². The molecule has 2 aromatic rings. The van der Waals surface area contributed by atoms with E-state index in [4.69, 9.17) is 11.6 Å². The fourth-order valence-electron chi connectivity index (χ4n) is 2.03. The first kappa shape index (κ1) is 17.0. The van der Waals surface area contributed by atoms with E-state index in [9.17, 15) is 4.79 Å². The van der Waals surface area contributed by atoms with Gasteiger partial charge in [-0.3, -0.25) is 4.79 Å². The number of hydrogen-bond donors (Lipinski definition) is 3. The molecule has 3 N–H and O–H groups in total. The minimum Gasteiger partial charge on any atom is -0.370 e. The van der Waals surface area contributed by atoms with Crippen LogP contribution in [0.15, 0.2) is 30.3 Å². The van der Waals surface area contributed by atoms with Crippen LogP contribution in [0.5, 0.6) is 0 Å². The van der Waals surface area contributed by atoms with Crippen molar-refractivity contribution in [1.29, 1.82) is 0 Å². The van der Waals surface area contributed by atoms with Gasteiger partial charge in [-0.1, -0.05) is 17.7 Å². The van der Waals surface area contributed by atoms with Crippen LogP contribution in [0.2, 0.25) is 5.02 Å². The second-order valence-corrected chi connectivity index (χ2v) is 5.35. The molecular formula is C16H20ClN5O. The number of aromatic nitrogens is 2. The summed E-state index contributed by atoms with van der Waals surface area (Å²) in [5.41, 5.74) is 0.546. The van der Waals surface area contributed by atoms with Gasteiger partial charge >= 0.3 is 0 Å². The van der Waals surface area contributed by atoms with Gasteiger partial charge in [0.1, 0.15) is 17.5 Å². The Bertz CT molecular complexity index is 677. The fraction of sp³-hybridized carbons (Fsp3) is 0.312. The molecule has 0 aliphatic heterocycles. The average Bonchev–Trinajstić information content (AvgIpc) is 2.51. The summed E-state index contributed by atoms with van der Waals surface area (Å²) in [6.45, 7) is 5.69. The van der Waals surface area contributed by atoms with Crippen LogP contribution in [0.25, 0.3) is 0 Å². The maximum absolute atomic E-state index is 12.0. The SMILES string of the molecule is CCNc1cc(NCCNC(=O)c2cccc(Cl)c2)nc(C)n1. The van der Waals surface area contributed by atoms with Crippen LogP contribution < -0.4 is 16.0 Å². The topological polar surface area (TPSA) is 78.9 Å². The summed E-state index contributed by atoms with van der Waals surface area (Å²) in [7, 11) is 0.